The van der Waals surface area contributed by atoms with Crippen LogP contribution in [-0.2, 0) is 13.1 Å². The van der Waals surface area contributed by atoms with Gasteiger partial charge < -0.3 is 15.2 Å². The summed E-state index contributed by atoms with van der Waals surface area (Å²) in [6, 6.07) is 3.73. The number of aromatic nitrogens is 4. The minimum atomic E-state index is 0.388. The Balaban J connectivity index is 1.88. The van der Waals surface area contributed by atoms with E-state index in [1.165, 1.54) is 0 Å². The van der Waals surface area contributed by atoms with Crippen molar-refractivity contribution in [2.75, 3.05) is 11.4 Å². The second-order valence-corrected chi connectivity index (χ2v) is 4.57. The molecule has 3 rings (SSSR count). The number of hydrogen-bond acceptors (Lipinski definition) is 5. The molecule has 2 aromatic rings. The third-order valence-electron chi connectivity index (χ3n) is 2.99. The first-order chi connectivity index (χ1) is 8.74. The van der Waals surface area contributed by atoms with Gasteiger partial charge in [0.1, 0.15) is 17.1 Å². The average molecular weight is 260 g/mol. The zero-order valence-electron chi connectivity index (χ0n) is 9.65. The zero-order valence-corrected chi connectivity index (χ0v) is 10.5. The molecule has 0 saturated heterocycles. The Labute approximate surface area is 109 Å². The van der Waals surface area contributed by atoms with Gasteiger partial charge in [-0.05, 0) is 12.1 Å². The largest absolute Gasteiger partial charge is 0.389 e. The maximum atomic E-state index is 5.63. The first-order valence-electron chi connectivity index (χ1n) is 5.61. The molecule has 92 valence electrons. The molecule has 0 saturated carbocycles. The quantitative estimate of drug-likeness (QED) is 0.784. The maximum absolute atomic E-state index is 5.63. The van der Waals surface area contributed by atoms with Gasteiger partial charge in [0.15, 0.2) is 5.82 Å². The number of pyridine rings is 1. The van der Waals surface area contributed by atoms with Gasteiger partial charge in [-0.15, -0.1) is 10.2 Å². The van der Waals surface area contributed by atoms with Gasteiger partial charge in [0.2, 0.25) is 0 Å². The Kier molecular flexibility index (Phi) is 2.67. The number of nitrogens with zero attached hydrogens (tertiary/aromatic N) is 5. The van der Waals surface area contributed by atoms with Crippen LogP contribution in [0.4, 0.5) is 5.82 Å². The van der Waals surface area contributed by atoms with Crippen molar-refractivity contribution in [3.8, 4) is 0 Å². The molecular weight excluding hydrogens is 248 g/mol. The highest BCUT2D eigenvalue weighted by atomic mass is 32.1. The summed E-state index contributed by atoms with van der Waals surface area (Å²) in [6.45, 7) is 2.44. The molecule has 0 atom stereocenters. The van der Waals surface area contributed by atoms with E-state index >= 15 is 0 Å². The summed E-state index contributed by atoms with van der Waals surface area (Å²) in [7, 11) is 0. The second-order valence-electron chi connectivity index (χ2n) is 4.13. The monoisotopic (exact) mass is 260 g/mol. The topological polar surface area (TPSA) is 72.9 Å². The Bertz CT molecular complexity index is 593. The normalized spacial score (nSPS) is 14.3. The smallest absolute Gasteiger partial charge is 0.152 e. The lowest BCUT2D eigenvalue weighted by atomic mass is 10.2. The summed E-state index contributed by atoms with van der Waals surface area (Å²) in [5, 5.41) is 7.99. The summed E-state index contributed by atoms with van der Waals surface area (Å²) in [5.74, 6) is 1.82. The lowest BCUT2D eigenvalue weighted by Gasteiger charge is -2.28. The van der Waals surface area contributed by atoms with E-state index in [1.54, 1.807) is 12.5 Å². The van der Waals surface area contributed by atoms with E-state index in [1.807, 2.05) is 16.7 Å². The number of rotatable bonds is 2. The summed E-state index contributed by atoms with van der Waals surface area (Å²) >= 11 is 4.98. The maximum Gasteiger partial charge on any atom is 0.152 e. The Hall–Kier alpha value is -2.02. The van der Waals surface area contributed by atoms with Crippen molar-refractivity contribution >= 4 is 23.0 Å². The Morgan fingerprint density at radius 2 is 2.28 bits per heavy atom. The standard InChI is InChI=1S/C11H12N6S/c12-11(18)8-1-2-13-9(5-8)16-3-4-17-7-14-15-10(17)6-16/h1-2,5,7H,3-4,6H2,(H2,12,18). The molecule has 0 spiro atoms. The van der Waals surface area contributed by atoms with E-state index in [4.69, 9.17) is 18.0 Å². The van der Waals surface area contributed by atoms with Crippen LogP contribution in [-0.4, -0.2) is 31.3 Å². The van der Waals surface area contributed by atoms with Crippen molar-refractivity contribution in [3.63, 3.8) is 0 Å². The molecule has 2 aromatic heterocycles. The Morgan fingerprint density at radius 1 is 1.39 bits per heavy atom. The molecule has 7 heteroatoms. The van der Waals surface area contributed by atoms with Gasteiger partial charge in [0.05, 0.1) is 6.54 Å². The van der Waals surface area contributed by atoms with Gasteiger partial charge in [-0.25, -0.2) is 4.98 Å². The summed E-state index contributed by atoms with van der Waals surface area (Å²) < 4.78 is 2.05. The molecule has 0 aromatic carbocycles. The number of anilines is 1. The first-order valence-corrected chi connectivity index (χ1v) is 6.02. The van der Waals surface area contributed by atoms with Crippen LogP contribution in [0.25, 0.3) is 0 Å². The van der Waals surface area contributed by atoms with Crippen LogP contribution in [0, 0.1) is 0 Å². The summed E-state index contributed by atoms with van der Waals surface area (Å²) in [4.78, 5) is 6.89. The zero-order chi connectivity index (χ0) is 12.5. The van der Waals surface area contributed by atoms with Crippen LogP contribution < -0.4 is 10.6 Å². The lowest BCUT2D eigenvalue weighted by Crippen LogP contribution is -2.34. The fourth-order valence-corrected chi connectivity index (χ4v) is 2.13. The minimum absolute atomic E-state index is 0.388. The van der Waals surface area contributed by atoms with E-state index < -0.39 is 0 Å². The van der Waals surface area contributed by atoms with Crippen molar-refractivity contribution in [3.05, 3.63) is 36.0 Å². The van der Waals surface area contributed by atoms with Crippen LogP contribution in [0.1, 0.15) is 11.4 Å². The van der Waals surface area contributed by atoms with E-state index in [9.17, 15) is 0 Å². The van der Waals surface area contributed by atoms with Crippen molar-refractivity contribution in [1.29, 1.82) is 0 Å². The van der Waals surface area contributed by atoms with E-state index in [-0.39, 0.29) is 0 Å². The summed E-state index contributed by atoms with van der Waals surface area (Å²) in [6.07, 6.45) is 3.48. The number of hydrogen-bond donors (Lipinski definition) is 1. The highest BCUT2D eigenvalue weighted by Crippen LogP contribution is 2.18. The Morgan fingerprint density at radius 3 is 3.11 bits per heavy atom. The number of thiocarbonyl (C=S) groups is 1. The fraction of sp³-hybridized carbons (Fsp3) is 0.273. The van der Waals surface area contributed by atoms with Gasteiger partial charge in [0.25, 0.3) is 0 Å². The van der Waals surface area contributed by atoms with Gasteiger partial charge in [-0.1, -0.05) is 12.2 Å². The molecule has 18 heavy (non-hydrogen) atoms. The minimum Gasteiger partial charge on any atom is -0.389 e. The predicted octanol–water partition coefficient (Wildman–Crippen LogP) is 0.327. The number of fused-ring (bicyclic) bond motifs is 1. The fourth-order valence-electron chi connectivity index (χ4n) is 2.01. The molecule has 1 aliphatic rings. The lowest BCUT2D eigenvalue weighted by molar-refractivity contribution is 0.556. The molecule has 0 unspecified atom stereocenters. The van der Waals surface area contributed by atoms with E-state index in [0.29, 0.717) is 11.5 Å². The van der Waals surface area contributed by atoms with Gasteiger partial charge in [-0.2, -0.15) is 0 Å². The van der Waals surface area contributed by atoms with Crippen LogP contribution in [0.15, 0.2) is 24.7 Å². The molecule has 3 heterocycles. The van der Waals surface area contributed by atoms with E-state index in [0.717, 1.165) is 30.3 Å². The van der Waals surface area contributed by atoms with Crippen LogP contribution in [0.5, 0.6) is 0 Å². The third-order valence-corrected chi connectivity index (χ3v) is 3.23. The summed E-state index contributed by atoms with van der Waals surface area (Å²) in [5.41, 5.74) is 6.47. The van der Waals surface area contributed by atoms with Crippen LogP contribution in [0.3, 0.4) is 0 Å². The van der Waals surface area contributed by atoms with Gasteiger partial charge >= 0.3 is 0 Å². The van der Waals surface area contributed by atoms with Crippen LogP contribution in [0.2, 0.25) is 0 Å². The second kappa shape index (κ2) is 4.34. The molecule has 0 bridgehead atoms. The van der Waals surface area contributed by atoms with E-state index in [2.05, 4.69) is 20.1 Å². The molecule has 0 fully saturated rings. The number of nitrogens with two attached hydrogens (primary N) is 1. The molecule has 0 radical (unpaired) electrons. The molecule has 0 amide bonds. The molecular formula is C11H12N6S. The van der Waals surface area contributed by atoms with Gasteiger partial charge in [0, 0.05) is 24.8 Å². The third kappa shape index (κ3) is 1.92. The van der Waals surface area contributed by atoms with Crippen molar-refractivity contribution in [2.45, 2.75) is 13.1 Å². The average Bonchev–Trinajstić information content (AvgIpc) is 2.86. The van der Waals surface area contributed by atoms with Crippen molar-refractivity contribution in [2.24, 2.45) is 5.73 Å². The van der Waals surface area contributed by atoms with Gasteiger partial charge in [-0.3, -0.25) is 0 Å². The highest BCUT2D eigenvalue weighted by molar-refractivity contribution is 7.80. The molecule has 0 aliphatic carbocycles. The SMILES string of the molecule is NC(=S)c1ccnc(N2CCn3cnnc3C2)c1. The van der Waals surface area contributed by atoms with Crippen molar-refractivity contribution in [1.82, 2.24) is 19.7 Å². The predicted molar refractivity (Wildman–Crippen MR) is 71.2 cm³/mol. The molecule has 1 aliphatic heterocycles. The van der Waals surface area contributed by atoms with Crippen molar-refractivity contribution < 1.29 is 0 Å². The van der Waals surface area contributed by atoms with Crippen LogP contribution >= 0.6 is 12.2 Å². The highest BCUT2D eigenvalue weighted by Gasteiger charge is 2.18. The first kappa shape index (κ1) is 11.1. The molecule has 2 N–H and O–H groups in total. The molecule has 6 nitrogen and oxygen atoms in total.